The van der Waals surface area contributed by atoms with Gasteiger partial charge >= 0.3 is 0 Å². The predicted molar refractivity (Wildman–Crippen MR) is 66.6 cm³/mol. The van der Waals surface area contributed by atoms with E-state index in [9.17, 15) is 0 Å². The molecule has 1 aliphatic rings. The zero-order valence-electron chi connectivity index (χ0n) is 9.71. The molecule has 0 saturated heterocycles. The van der Waals surface area contributed by atoms with Crippen molar-refractivity contribution in [2.24, 2.45) is 5.92 Å². The first-order valence-electron chi connectivity index (χ1n) is 6.05. The minimum absolute atomic E-state index is 0.711. The van der Waals surface area contributed by atoms with Crippen LogP contribution in [0.4, 0.5) is 0 Å². The number of hydrogen-bond donors (Lipinski definition) is 0. The zero-order chi connectivity index (χ0) is 10.9. The van der Waals surface area contributed by atoms with Crippen LogP contribution < -0.4 is 0 Å². The molecule has 90 valence electrons. The van der Waals surface area contributed by atoms with E-state index in [2.05, 4.69) is 15.9 Å². The standard InChI is InChI=1S/C12H23BrO2/c1-14-9-10-15-8-7-11-5-3-2-4-6-12(11)13/h11-12H,2-10H2,1H3. The summed E-state index contributed by atoms with van der Waals surface area (Å²) in [4.78, 5) is 0.714. The van der Waals surface area contributed by atoms with Crippen LogP contribution in [-0.4, -0.2) is 31.8 Å². The lowest BCUT2D eigenvalue weighted by Gasteiger charge is -2.19. The van der Waals surface area contributed by atoms with Gasteiger partial charge in [0, 0.05) is 18.5 Å². The van der Waals surface area contributed by atoms with E-state index in [1.165, 1.54) is 38.5 Å². The normalized spacial score (nSPS) is 27.6. The molecule has 0 aliphatic heterocycles. The topological polar surface area (TPSA) is 18.5 Å². The third-order valence-electron chi connectivity index (χ3n) is 3.13. The molecule has 0 aromatic heterocycles. The molecule has 2 atom stereocenters. The first-order valence-corrected chi connectivity index (χ1v) is 6.97. The average Bonchev–Trinajstić information content (AvgIpc) is 2.44. The van der Waals surface area contributed by atoms with Crippen LogP contribution in [0, 0.1) is 5.92 Å². The van der Waals surface area contributed by atoms with E-state index >= 15 is 0 Å². The minimum atomic E-state index is 0.711. The van der Waals surface area contributed by atoms with Crippen molar-refractivity contribution in [1.29, 1.82) is 0 Å². The van der Waals surface area contributed by atoms with Crippen LogP contribution in [0.15, 0.2) is 0 Å². The summed E-state index contributed by atoms with van der Waals surface area (Å²) in [5.41, 5.74) is 0. The Kier molecular flexibility index (Phi) is 7.67. The van der Waals surface area contributed by atoms with Gasteiger partial charge in [0.2, 0.25) is 0 Å². The lowest BCUT2D eigenvalue weighted by Crippen LogP contribution is -2.16. The summed E-state index contributed by atoms with van der Waals surface area (Å²) in [6.07, 6.45) is 8.08. The van der Waals surface area contributed by atoms with Gasteiger partial charge in [0.15, 0.2) is 0 Å². The zero-order valence-corrected chi connectivity index (χ0v) is 11.3. The van der Waals surface area contributed by atoms with Gasteiger partial charge < -0.3 is 9.47 Å². The fourth-order valence-corrected chi connectivity index (χ4v) is 3.00. The summed E-state index contributed by atoms with van der Waals surface area (Å²) in [6, 6.07) is 0. The average molecular weight is 279 g/mol. The fraction of sp³-hybridized carbons (Fsp3) is 1.00. The van der Waals surface area contributed by atoms with E-state index in [1.807, 2.05) is 0 Å². The maximum Gasteiger partial charge on any atom is 0.0700 e. The van der Waals surface area contributed by atoms with Gasteiger partial charge in [-0.2, -0.15) is 0 Å². The number of alkyl halides is 1. The summed E-state index contributed by atoms with van der Waals surface area (Å²) in [5, 5.41) is 0. The Labute approximate surface area is 102 Å². The highest BCUT2D eigenvalue weighted by Gasteiger charge is 2.20. The molecule has 15 heavy (non-hydrogen) atoms. The molecule has 0 heterocycles. The first-order chi connectivity index (χ1) is 7.34. The van der Waals surface area contributed by atoms with Crippen LogP contribution >= 0.6 is 15.9 Å². The highest BCUT2D eigenvalue weighted by molar-refractivity contribution is 9.09. The van der Waals surface area contributed by atoms with Gasteiger partial charge in [0.1, 0.15) is 0 Å². The Morgan fingerprint density at radius 2 is 1.87 bits per heavy atom. The minimum Gasteiger partial charge on any atom is -0.382 e. The third kappa shape index (κ3) is 5.88. The molecule has 0 radical (unpaired) electrons. The first kappa shape index (κ1) is 13.5. The van der Waals surface area contributed by atoms with Gasteiger partial charge in [0.25, 0.3) is 0 Å². The van der Waals surface area contributed by atoms with Crippen LogP contribution in [0.1, 0.15) is 38.5 Å². The predicted octanol–water partition coefficient (Wildman–Crippen LogP) is 3.38. The Balaban J connectivity index is 2.07. The Morgan fingerprint density at radius 3 is 2.67 bits per heavy atom. The van der Waals surface area contributed by atoms with Crippen molar-refractivity contribution in [2.75, 3.05) is 26.9 Å². The Morgan fingerprint density at radius 1 is 1.07 bits per heavy atom. The van der Waals surface area contributed by atoms with Crippen molar-refractivity contribution < 1.29 is 9.47 Å². The molecule has 3 heteroatoms. The van der Waals surface area contributed by atoms with Crippen molar-refractivity contribution >= 4 is 15.9 Å². The van der Waals surface area contributed by atoms with E-state index < -0.39 is 0 Å². The van der Waals surface area contributed by atoms with E-state index in [0.29, 0.717) is 11.4 Å². The number of halogens is 1. The molecule has 1 rings (SSSR count). The summed E-state index contributed by atoms with van der Waals surface area (Å²) < 4.78 is 10.5. The van der Waals surface area contributed by atoms with Crippen LogP contribution in [0.25, 0.3) is 0 Å². The lowest BCUT2D eigenvalue weighted by atomic mass is 9.97. The summed E-state index contributed by atoms with van der Waals surface area (Å²) in [7, 11) is 1.71. The molecule has 0 aromatic rings. The van der Waals surface area contributed by atoms with Crippen LogP contribution in [0.5, 0.6) is 0 Å². The highest BCUT2D eigenvalue weighted by atomic mass is 79.9. The summed E-state index contributed by atoms with van der Waals surface area (Å²) in [6.45, 7) is 2.33. The van der Waals surface area contributed by atoms with Crippen LogP contribution in [-0.2, 0) is 9.47 Å². The van der Waals surface area contributed by atoms with E-state index in [-0.39, 0.29) is 0 Å². The molecule has 0 spiro atoms. The number of methoxy groups -OCH3 is 1. The molecule has 0 amide bonds. The maximum atomic E-state index is 5.52. The van der Waals surface area contributed by atoms with Gasteiger partial charge in [0.05, 0.1) is 13.2 Å². The molecule has 2 nitrogen and oxygen atoms in total. The smallest absolute Gasteiger partial charge is 0.0700 e. The van der Waals surface area contributed by atoms with Gasteiger partial charge in [-0.05, 0) is 25.2 Å². The molecule has 2 unspecified atom stereocenters. The van der Waals surface area contributed by atoms with Crippen molar-refractivity contribution in [2.45, 2.75) is 43.4 Å². The monoisotopic (exact) mass is 278 g/mol. The molecule has 1 fully saturated rings. The third-order valence-corrected chi connectivity index (χ3v) is 4.34. The Hall–Kier alpha value is 0.400. The number of ether oxygens (including phenoxy) is 2. The van der Waals surface area contributed by atoms with E-state index in [1.54, 1.807) is 7.11 Å². The molecule has 0 N–H and O–H groups in total. The quantitative estimate of drug-likeness (QED) is 0.421. The lowest BCUT2D eigenvalue weighted by molar-refractivity contribution is 0.0632. The Bertz CT molecular complexity index is 153. The largest absolute Gasteiger partial charge is 0.382 e. The molecule has 0 aromatic carbocycles. The van der Waals surface area contributed by atoms with Crippen molar-refractivity contribution in [3.63, 3.8) is 0 Å². The molecule has 1 aliphatic carbocycles. The second kappa shape index (κ2) is 8.54. The second-order valence-corrected chi connectivity index (χ2v) is 5.48. The molecular formula is C12H23BrO2. The van der Waals surface area contributed by atoms with Crippen molar-refractivity contribution in [3.05, 3.63) is 0 Å². The molecular weight excluding hydrogens is 256 g/mol. The van der Waals surface area contributed by atoms with Crippen LogP contribution in [0.3, 0.4) is 0 Å². The molecule has 1 saturated carbocycles. The summed E-state index contributed by atoms with van der Waals surface area (Å²) >= 11 is 3.81. The van der Waals surface area contributed by atoms with Gasteiger partial charge in [-0.1, -0.05) is 35.2 Å². The highest BCUT2D eigenvalue weighted by Crippen LogP contribution is 2.30. The fourth-order valence-electron chi connectivity index (χ4n) is 2.14. The summed E-state index contributed by atoms with van der Waals surface area (Å²) in [5.74, 6) is 0.815. The van der Waals surface area contributed by atoms with Gasteiger partial charge in [-0.15, -0.1) is 0 Å². The van der Waals surface area contributed by atoms with E-state index in [0.717, 1.165) is 19.1 Å². The maximum absolute atomic E-state index is 5.52. The van der Waals surface area contributed by atoms with Crippen LogP contribution in [0.2, 0.25) is 0 Å². The molecule has 0 bridgehead atoms. The van der Waals surface area contributed by atoms with Gasteiger partial charge in [-0.25, -0.2) is 0 Å². The van der Waals surface area contributed by atoms with E-state index in [4.69, 9.17) is 9.47 Å². The number of rotatable bonds is 6. The van der Waals surface area contributed by atoms with Crippen molar-refractivity contribution in [3.8, 4) is 0 Å². The number of hydrogen-bond acceptors (Lipinski definition) is 2. The SMILES string of the molecule is COCCOCCC1CCCCCC1Br. The van der Waals surface area contributed by atoms with Gasteiger partial charge in [-0.3, -0.25) is 0 Å². The van der Waals surface area contributed by atoms with Crippen molar-refractivity contribution in [1.82, 2.24) is 0 Å². The second-order valence-electron chi connectivity index (χ2n) is 4.31.